The van der Waals surface area contributed by atoms with Crippen LogP contribution in [0.5, 0.6) is 11.5 Å². The maximum atomic E-state index is 5.56. The summed E-state index contributed by atoms with van der Waals surface area (Å²) in [7, 11) is 7.41. The maximum Gasteiger partial charge on any atom is 0.171 e. The van der Waals surface area contributed by atoms with Crippen molar-refractivity contribution >= 4 is 45.4 Å². The van der Waals surface area contributed by atoms with Crippen LogP contribution in [-0.4, -0.2) is 50.5 Å². The molecule has 0 aliphatic heterocycles. The highest BCUT2D eigenvalue weighted by molar-refractivity contribution is 7.80. The first kappa shape index (κ1) is 23.9. The van der Waals surface area contributed by atoms with Crippen molar-refractivity contribution in [1.82, 2.24) is 10.3 Å². The van der Waals surface area contributed by atoms with Crippen molar-refractivity contribution in [1.29, 1.82) is 0 Å². The Morgan fingerprint density at radius 1 is 0.971 bits per heavy atom. The Morgan fingerprint density at radius 3 is 2.41 bits per heavy atom. The number of methoxy groups -OCH3 is 2. The number of nitrogens with zero attached hydrogens (tertiary/aromatic N) is 2. The van der Waals surface area contributed by atoms with Gasteiger partial charge in [0.2, 0.25) is 0 Å². The molecule has 0 bridgehead atoms. The number of rotatable bonds is 7. The van der Waals surface area contributed by atoms with E-state index in [2.05, 4.69) is 59.2 Å². The molecule has 4 rings (SSSR count). The lowest BCUT2D eigenvalue weighted by atomic mass is 9.91. The van der Waals surface area contributed by atoms with Gasteiger partial charge in [0.25, 0.3) is 0 Å². The number of pyridine rings is 1. The average molecular weight is 480 g/mol. The monoisotopic (exact) mass is 479 g/mol. The van der Waals surface area contributed by atoms with Crippen molar-refractivity contribution in [3.63, 3.8) is 0 Å². The average Bonchev–Trinajstić information content (AvgIpc) is 2.85. The van der Waals surface area contributed by atoms with Gasteiger partial charge in [0.15, 0.2) is 5.11 Å². The van der Waals surface area contributed by atoms with E-state index in [1.807, 2.05) is 24.3 Å². The molecule has 3 N–H and O–H groups in total. The van der Waals surface area contributed by atoms with Crippen LogP contribution >= 0.6 is 12.2 Å². The number of thiocarbonyl (C=S) groups is 1. The van der Waals surface area contributed by atoms with E-state index < -0.39 is 0 Å². The van der Waals surface area contributed by atoms with Crippen LogP contribution in [0.1, 0.15) is 25.7 Å². The minimum atomic E-state index is 0.337. The zero-order valence-corrected chi connectivity index (χ0v) is 21.0. The molecule has 1 aliphatic carbocycles. The Morgan fingerprint density at radius 2 is 1.71 bits per heavy atom. The summed E-state index contributed by atoms with van der Waals surface area (Å²) in [4.78, 5) is 6.99. The van der Waals surface area contributed by atoms with Crippen LogP contribution in [0.15, 0.2) is 48.5 Å². The Kier molecular flexibility index (Phi) is 7.57. The van der Waals surface area contributed by atoms with E-state index in [1.165, 1.54) is 11.1 Å². The molecule has 1 heterocycles. The zero-order chi connectivity index (χ0) is 24.1. The lowest BCUT2D eigenvalue weighted by Crippen LogP contribution is -2.42. The molecule has 0 saturated heterocycles. The summed E-state index contributed by atoms with van der Waals surface area (Å²) in [6.45, 7) is 0. The second-order valence-electron chi connectivity index (χ2n) is 8.80. The summed E-state index contributed by atoms with van der Waals surface area (Å²) < 4.78 is 10.7. The standard InChI is InChI=1S/C26H33N5O2S/c1-31(2)23-16-25(29-21-8-6-5-7-20(21)23)27-17-9-11-18(12-10-17)28-26(34)30-22-14-13-19(32-3)15-24(22)33-4/h5-8,13-18H,9-12H2,1-4H3,(H,27,29)(H2,28,30,34)/t17-,18+. The van der Waals surface area contributed by atoms with Gasteiger partial charge in [-0.1, -0.05) is 18.2 Å². The molecule has 0 amide bonds. The van der Waals surface area contributed by atoms with Crippen molar-refractivity contribution in [3.8, 4) is 11.5 Å². The largest absolute Gasteiger partial charge is 0.497 e. The topological polar surface area (TPSA) is 70.7 Å². The number of nitrogens with one attached hydrogen (secondary N) is 3. The lowest BCUT2D eigenvalue weighted by Gasteiger charge is -2.31. The Bertz CT molecular complexity index is 1150. The Labute approximate surface area is 206 Å². The third-order valence-electron chi connectivity index (χ3n) is 6.25. The molecule has 1 saturated carbocycles. The first-order valence-electron chi connectivity index (χ1n) is 11.6. The van der Waals surface area contributed by atoms with Gasteiger partial charge in [-0.2, -0.15) is 0 Å². The van der Waals surface area contributed by atoms with Gasteiger partial charge in [0.05, 0.1) is 25.4 Å². The van der Waals surface area contributed by atoms with Gasteiger partial charge in [0.1, 0.15) is 17.3 Å². The third kappa shape index (κ3) is 5.62. The lowest BCUT2D eigenvalue weighted by molar-refractivity contribution is 0.388. The molecule has 1 aromatic heterocycles. The predicted molar refractivity (Wildman–Crippen MR) is 145 cm³/mol. The van der Waals surface area contributed by atoms with Crippen LogP contribution in [0.4, 0.5) is 17.2 Å². The first-order chi connectivity index (χ1) is 16.5. The first-order valence-corrected chi connectivity index (χ1v) is 12.0. The number of fused-ring (bicyclic) bond motifs is 1. The number of benzene rings is 2. The van der Waals surface area contributed by atoms with E-state index >= 15 is 0 Å². The van der Waals surface area contributed by atoms with E-state index in [0.29, 0.717) is 22.9 Å². The summed E-state index contributed by atoms with van der Waals surface area (Å²) in [5.41, 5.74) is 3.00. The van der Waals surface area contributed by atoms with Crippen LogP contribution in [0.25, 0.3) is 10.9 Å². The molecule has 8 heteroatoms. The smallest absolute Gasteiger partial charge is 0.171 e. The Hall–Kier alpha value is -3.26. The summed E-state index contributed by atoms with van der Waals surface area (Å²) in [6.07, 6.45) is 4.18. The molecule has 3 aromatic rings. The molecule has 180 valence electrons. The van der Waals surface area contributed by atoms with Gasteiger partial charge >= 0.3 is 0 Å². The summed E-state index contributed by atoms with van der Waals surface area (Å²) in [5, 5.41) is 12.2. The number of para-hydroxylation sites is 1. The number of ether oxygens (including phenoxy) is 2. The SMILES string of the molecule is COc1ccc(NC(=S)N[C@H]2CC[C@@H](Nc3cc(N(C)C)c4ccccc4n3)CC2)c(OC)c1. The van der Waals surface area contributed by atoms with Gasteiger partial charge < -0.3 is 30.3 Å². The number of anilines is 3. The highest BCUT2D eigenvalue weighted by Gasteiger charge is 2.22. The molecular weight excluding hydrogens is 446 g/mol. The molecule has 0 unspecified atom stereocenters. The van der Waals surface area contributed by atoms with Crippen LogP contribution in [0.2, 0.25) is 0 Å². The van der Waals surface area contributed by atoms with Crippen LogP contribution in [0.3, 0.4) is 0 Å². The van der Waals surface area contributed by atoms with Crippen LogP contribution in [0, 0.1) is 0 Å². The number of hydrogen-bond acceptors (Lipinski definition) is 6. The second kappa shape index (κ2) is 10.8. The highest BCUT2D eigenvalue weighted by atomic mass is 32.1. The van der Waals surface area contributed by atoms with Gasteiger partial charge in [-0.15, -0.1) is 0 Å². The van der Waals surface area contributed by atoms with Crippen molar-refractivity contribution < 1.29 is 9.47 Å². The molecule has 2 aromatic carbocycles. The van der Waals surface area contributed by atoms with E-state index in [4.69, 9.17) is 26.7 Å². The molecule has 1 fully saturated rings. The number of aromatic nitrogens is 1. The van der Waals surface area contributed by atoms with E-state index in [1.54, 1.807) is 14.2 Å². The molecule has 1 aliphatic rings. The second-order valence-corrected chi connectivity index (χ2v) is 9.20. The summed E-state index contributed by atoms with van der Waals surface area (Å²) in [6, 6.07) is 16.8. The van der Waals surface area contributed by atoms with Crippen molar-refractivity contribution in [2.45, 2.75) is 37.8 Å². The summed E-state index contributed by atoms with van der Waals surface area (Å²) in [5.74, 6) is 2.37. The van der Waals surface area contributed by atoms with Gasteiger partial charge in [0, 0.05) is 49.4 Å². The summed E-state index contributed by atoms with van der Waals surface area (Å²) >= 11 is 5.56. The Balaban J connectivity index is 1.32. The van der Waals surface area contributed by atoms with E-state index in [-0.39, 0.29) is 0 Å². The van der Waals surface area contributed by atoms with E-state index in [9.17, 15) is 0 Å². The molecule has 0 radical (unpaired) electrons. The van der Waals surface area contributed by atoms with Gasteiger partial charge in [-0.25, -0.2) is 4.98 Å². The predicted octanol–water partition coefficient (Wildman–Crippen LogP) is 5.03. The minimum Gasteiger partial charge on any atom is -0.497 e. The van der Waals surface area contributed by atoms with E-state index in [0.717, 1.165) is 48.5 Å². The quantitative estimate of drug-likeness (QED) is 0.408. The fourth-order valence-electron chi connectivity index (χ4n) is 4.44. The fourth-order valence-corrected chi connectivity index (χ4v) is 4.71. The van der Waals surface area contributed by atoms with Crippen LogP contribution in [-0.2, 0) is 0 Å². The molecule has 34 heavy (non-hydrogen) atoms. The molecule has 0 spiro atoms. The zero-order valence-electron chi connectivity index (χ0n) is 20.2. The molecular formula is C26H33N5O2S. The van der Waals surface area contributed by atoms with Crippen molar-refractivity contribution in [2.75, 3.05) is 43.8 Å². The van der Waals surface area contributed by atoms with Gasteiger partial charge in [-0.3, -0.25) is 0 Å². The van der Waals surface area contributed by atoms with Crippen molar-refractivity contribution in [3.05, 3.63) is 48.5 Å². The van der Waals surface area contributed by atoms with Gasteiger partial charge in [-0.05, 0) is 56.1 Å². The maximum absolute atomic E-state index is 5.56. The minimum absolute atomic E-state index is 0.337. The van der Waals surface area contributed by atoms with Crippen molar-refractivity contribution in [2.24, 2.45) is 0 Å². The third-order valence-corrected chi connectivity index (χ3v) is 6.47. The molecule has 7 nitrogen and oxygen atoms in total. The molecule has 0 atom stereocenters. The number of hydrogen-bond donors (Lipinski definition) is 3. The fraction of sp³-hybridized carbons (Fsp3) is 0.385. The highest BCUT2D eigenvalue weighted by Crippen LogP contribution is 2.30. The normalized spacial score (nSPS) is 17.6. The van der Waals surface area contributed by atoms with Crippen LogP contribution < -0.4 is 30.3 Å².